The summed E-state index contributed by atoms with van der Waals surface area (Å²) in [4.78, 5) is 0. The summed E-state index contributed by atoms with van der Waals surface area (Å²) in [6.45, 7) is 1.51. The molecule has 0 aliphatic carbocycles. The molecular weight excluding hydrogens is 193 g/mol. The Kier molecular flexibility index (Phi) is 1.94. The van der Waals surface area contributed by atoms with Crippen molar-refractivity contribution >= 4 is 10.9 Å². The predicted octanol–water partition coefficient (Wildman–Crippen LogP) is 2.95. The molecule has 0 aliphatic heterocycles. The molecule has 0 spiro atoms. The zero-order valence-electron chi connectivity index (χ0n) is 7.31. The third kappa shape index (κ3) is 1.16. The first-order valence-corrected chi connectivity index (χ1v) is 4.02. The topological polar surface area (TPSA) is 28.7 Å². The average Bonchev–Trinajstić information content (AvgIpc) is 2.55. The van der Waals surface area contributed by atoms with Gasteiger partial charge in [0.15, 0.2) is 0 Å². The number of aryl methyl sites for hydroxylation is 1. The molecule has 5 heteroatoms. The lowest BCUT2D eigenvalue weighted by Crippen LogP contribution is -1.85. The zero-order valence-corrected chi connectivity index (χ0v) is 7.31. The maximum absolute atomic E-state index is 13.0. The second kappa shape index (κ2) is 3.01. The molecule has 1 heterocycles. The minimum atomic E-state index is -2.62. The van der Waals surface area contributed by atoms with Crippen LogP contribution in [0.1, 0.15) is 17.7 Å². The number of benzene rings is 1. The van der Waals surface area contributed by atoms with Gasteiger partial charge in [0.05, 0.1) is 5.52 Å². The van der Waals surface area contributed by atoms with Gasteiger partial charge in [-0.15, -0.1) is 0 Å². The van der Waals surface area contributed by atoms with Crippen molar-refractivity contribution in [3.05, 3.63) is 29.2 Å². The molecule has 1 N–H and O–H groups in total. The van der Waals surface area contributed by atoms with E-state index in [1.54, 1.807) is 0 Å². The zero-order chi connectivity index (χ0) is 10.3. The standard InChI is InChI=1S/C9H7F3N2/c1-4-6(10)3-2-5-7(4)13-14-8(5)9(11)12/h2-3,9H,1H3,(H,13,14). The Hall–Kier alpha value is -1.52. The Balaban J connectivity index is 2.77. The van der Waals surface area contributed by atoms with Crippen LogP contribution >= 0.6 is 0 Å². The lowest BCUT2D eigenvalue weighted by molar-refractivity contribution is 0.147. The number of H-pyrrole nitrogens is 1. The summed E-state index contributed by atoms with van der Waals surface area (Å²) in [6.07, 6.45) is -2.62. The number of fused-ring (bicyclic) bond motifs is 1. The molecule has 0 saturated carbocycles. The van der Waals surface area contributed by atoms with Crippen molar-refractivity contribution in [2.45, 2.75) is 13.3 Å². The van der Waals surface area contributed by atoms with Crippen molar-refractivity contribution in [1.82, 2.24) is 10.2 Å². The van der Waals surface area contributed by atoms with Gasteiger partial charge in [-0.3, -0.25) is 5.10 Å². The van der Waals surface area contributed by atoms with Crippen LogP contribution in [0, 0.1) is 12.7 Å². The molecule has 1 aromatic heterocycles. The number of aromatic nitrogens is 2. The van der Waals surface area contributed by atoms with Gasteiger partial charge in [-0.1, -0.05) is 0 Å². The first-order valence-electron chi connectivity index (χ1n) is 4.02. The van der Waals surface area contributed by atoms with Crippen LogP contribution in [-0.4, -0.2) is 10.2 Å². The molecular formula is C9H7F3N2. The number of aromatic amines is 1. The minimum absolute atomic E-state index is 0.261. The molecule has 2 nitrogen and oxygen atoms in total. The number of rotatable bonds is 1. The number of halogens is 3. The molecule has 0 unspecified atom stereocenters. The molecule has 0 saturated heterocycles. The van der Waals surface area contributed by atoms with Gasteiger partial charge in [0.25, 0.3) is 6.43 Å². The first kappa shape index (κ1) is 9.05. The maximum atomic E-state index is 13.0. The normalized spacial score (nSPS) is 11.5. The van der Waals surface area contributed by atoms with Crippen molar-refractivity contribution in [3.63, 3.8) is 0 Å². The van der Waals surface area contributed by atoms with Gasteiger partial charge in [0.2, 0.25) is 0 Å². The summed E-state index contributed by atoms with van der Waals surface area (Å²) in [6, 6.07) is 2.47. The molecule has 1 aromatic carbocycles. The van der Waals surface area contributed by atoms with Crippen molar-refractivity contribution in [2.24, 2.45) is 0 Å². The predicted molar refractivity (Wildman–Crippen MR) is 45.7 cm³/mol. The Labute approximate surface area is 77.7 Å². The van der Waals surface area contributed by atoms with Crippen LogP contribution in [-0.2, 0) is 0 Å². The highest BCUT2D eigenvalue weighted by atomic mass is 19.3. The molecule has 0 bridgehead atoms. The van der Waals surface area contributed by atoms with Gasteiger partial charge in [-0.25, -0.2) is 13.2 Å². The smallest absolute Gasteiger partial charge is 0.276 e. The Bertz CT molecular complexity index is 476. The highest BCUT2D eigenvalue weighted by Crippen LogP contribution is 2.27. The third-order valence-electron chi connectivity index (χ3n) is 2.16. The summed E-state index contributed by atoms with van der Waals surface area (Å²) < 4.78 is 37.8. The summed E-state index contributed by atoms with van der Waals surface area (Å²) in [7, 11) is 0. The summed E-state index contributed by atoms with van der Waals surface area (Å²) in [5.41, 5.74) is 0.286. The molecule has 0 aliphatic rings. The summed E-state index contributed by atoms with van der Waals surface area (Å²) in [5, 5.41) is 6.15. The fraction of sp³-hybridized carbons (Fsp3) is 0.222. The molecule has 0 radical (unpaired) electrons. The van der Waals surface area contributed by atoms with Crippen LogP contribution in [0.15, 0.2) is 12.1 Å². The van der Waals surface area contributed by atoms with Crippen LogP contribution in [0.2, 0.25) is 0 Å². The Morgan fingerprint density at radius 2 is 2.07 bits per heavy atom. The summed E-state index contributed by atoms with van der Waals surface area (Å²) >= 11 is 0. The van der Waals surface area contributed by atoms with Crippen LogP contribution in [0.3, 0.4) is 0 Å². The number of hydrogen-bond donors (Lipinski definition) is 1. The quantitative estimate of drug-likeness (QED) is 0.753. The molecule has 0 fully saturated rings. The lowest BCUT2D eigenvalue weighted by Gasteiger charge is -1.97. The summed E-state index contributed by atoms with van der Waals surface area (Å²) in [5.74, 6) is -0.440. The van der Waals surface area contributed by atoms with E-state index in [0.717, 1.165) is 0 Å². The van der Waals surface area contributed by atoms with Gasteiger partial charge in [-0.05, 0) is 19.1 Å². The highest BCUT2D eigenvalue weighted by Gasteiger charge is 2.16. The third-order valence-corrected chi connectivity index (χ3v) is 2.16. The number of nitrogens with zero attached hydrogens (tertiary/aromatic N) is 1. The SMILES string of the molecule is Cc1c(F)ccc2c(C(F)F)[nH]nc12. The largest absolute Gasteiger partial charge is 0.280 e. The van der Waals surface area contributed by atoms with E-state index in [-0.39, 0.29) is 22.2 Å². The molecule has 2 aromatic rings. The van der Waals surface area contributed by atoms with Crippen LogP contribution < -0.4 is 0 Å². The fourth-order valence-corrected chi connectivity index (χ4v) is 1.38. The lowest BCUT2D eigenvalue weighted by atomic mass is 10.1. The fourth-order valence-electron chi connectivity index (χ4n) is 1.38. The van der Waals surface area contributed by atoms with E-state index < -0.39 is 12.2 Å². The number of alkyl halides is 2. The number of hydrogen-bond acceptors (Lipinski definition) is 1. The van der Waals surface area contributed by atoms with E-state index in [9.17, 15) is 13.2 Å². The monoisotopic (exact) mass is 200 g/mol. The van der Waals surface area contributed by atoms with E-state index in [4.69, 9.17) is 0 Å². The van der Waals surface area contributed by atoms with Crippen molar-refractivity contribution in [2.75, 3.05) is 0 Å². The van der Waals surface area contributed by atoms with E-state index in [2.05, 4.69) is 10.2 Å². The first-order chi connectivity index (χ1) is 6.61. The highest BCUT2D eigenvalue weighted by molar-refractivity contribution is 5.84. The maximum Gasteiger partial charge on any atom is 0.280 e. The van der Waals surface area contributed by atoms with E-state index in [1.165, 1.54) is 19.1 Å². The molecule has 14 heavy (non-hydrogen) atoms. The molecule has 0 amide bonds. The van der Waals surface area contributed by atoms with Gasteiger partial charge < -0.3 is 0 Å². The van der Waals surface area contributed by atoms with Gasteiger partial charge in [0, 0.05) is 10.9 Å². The van der Waals surface area contributed by atoms with Crippen LogP contribution in [0.5, 0.6) is 0 Å². The van der Waals surface area contributed by atoms with Crippen molar-refractivity contribution in [3.8, 4) is 0 Å². The average molecular weight is 200 g/mol. The van der Waals surface area contributed by atoms with Gasteiger partial charge in [-0.2, -0.15) is 5.10 Å². The van der Waals surface area contributed by atoms with Crippen LogP contribution in [0.4, 0.5) is 13.2 Å². The second-order valence-electron chi connectivity index (χ2n) is 3.01. The van der Waals surface area contributed by atoms with Crippen molar-refractivity contribution in [1.29, 1.82) is 0 Å². The van der Waals surface area contributed by atoms with Gasteiger partial charge >= 0.3 is 0 Å². The Morgan fingerprint density at radius 1 is 1.36 bits per heavy atom. The van der Waals surface area contributed by atoms with E-state index in [0.29, 0.717) is 0 Å². The number of nitrogens with one attached hydrogen (secondary N) is 1. The Morgan fingerprint density at radius 3 is 2.71 bits per heavy atom. The van der Waals surface area contributed by atoms with E-state index >= 15 is 0 Å². The molecule has 74 valence electrons. The van der Waals surface area contributed by atoms with Crippen molar-refractivity contribution < 1.29 is 13.2 Å². The molecule has 2 rings (SSSR count). The van der Waals surface area contributed by atoms with Gasteiger partial charge in [0.1, 0.15) is 11.5 Å². The van der Waals surface area contributed by atoms with E-state index in [1.807, 2.05) is 0 Å². The van der Waals surface area contributed by atoms with Crippen LogP contribution in [0.25, 0.3) is 10.9 Å². The minimum Gasteiger partial charge on any atom is -0.276 e. The molecule has 0 atom stereocenters. The second-order valence-corrected chi connectivity index (χ2v) is 3.01.